The van der Waals surface area contributed by atoms with Gasteiger partial charge in [-0.05, 0) is 116 Å². The molecular formula is C33H46N4. The van der Waals surface area contributed by atoms with Gasteiger partial charge in [-0.1, -0.05) is 24.6 Å². The predicted octanol–water partition coefficient (Wildman–Crippen LogP) is 5.45. The summed E-state index contributed by atoms with van der Waals surface area (Å²) < 4.78 is 0. The summed E-state index contributed by atoms with van der Waals surface area (Å²) >= 11 is 0. The van der Waals surface area contributed by atoms with Gasteiger partial charge in [0.1, 0.15) is 0 Å². The van der Waals surface area contributed by atoms with E-state index in [-0.39, 0.29) is 0 Å². The Hall–Kier alpha value is -1.49. The van der Waals surface area contributed by atoms with E-state index in [1.165, 1.54) is 108 Å². The van der Waals surface area contributed by atoms with E-state index in [1.54, 1.807) is 5.57 Å². The third kappa shape index (κ3) is 3.34. The molecule has 1 aromatic rings. The van der Waals surface area contributed by atoms with Crippen molar-refractivity contribution in [1.82, 2.24) is 19.7 Å². The number of aromatic nitrogens is 1. The zero-order valence-corrected chi connectivity index (χ0v) is 23.2. The number of pyridine rings is 1. The van der Waals surface area contributed by atoms with Gasteiger partial charge in [-0.25, -0.2) is 0 Å². The minimum atomic E-state index is 0.422. The van der Waals surface area contributed by atoms with Gasteiger partial charge in [-0.3, -0.25) is 14.8 Å². The first kappa shape index (κ1) is 23.4. The van der Waals surface area contributed by atoms with E-state index in [0.717, 1.165) is 24.5 Å². The van der Waals surface area contributed by atoms with Crippen LogP contribution < -0.4 is 0 Å². The van der Waals surface area contributed by atoms with Gasteiger partial charge in [0.15, 0.2) is 0 Å². The largest absolute Gasteiger partial charge is 0.304 e. The molecule has 0 unspecified atom stereocenters. The number of allylic oxidation sites excluding steroid dienone is 4. The zero-order valence-electron chi connectivity index (χ0n) is 23.2. The van der Waals surface area contributed by atoms with Gasteiger partial charge in [0.2, 0.25) is 0 Å². The Morgan fingerprint density at radius 1 is 0.946 bits per heavy atom. The minimum absolute atomic E-state index is 0.422. The van der Waals surface area contributed by atoms with Gasteiger partial charge in [-0.15, -0.1) is 0 Å². The highest BCUT2D eigenvalue weighted by Gasteiger charge is 2.65. The van der Waals surface area contributed by atoms with Crippen LogP contribution in [0.5, 0.6) is 0 Å². The standard InChI is InChI=1S/C33H46N4/c1-31-10-7-27-19-26-3-4-28(36-17-15-35(2)16-18-36)20-32(26)11-12-33(27,23-32)29(31)5-6-30(31)37-14-9-24-8-13-34-21-25(24)22-37/h7-8,13,19,21,28-30H,3-6,9-12,14-18,20,22-23H2,1-2H3/t28-,29+,30-,31-,32-,33+/m0/s1. The molecule has 37 heavy (non-hydrogen) atoms. The second-order valence-electron chi connectivity index (χ2n) is 14.4. The molecule has 2 aliphatic heterocycles. The molecule has 7 aliphatic rings. The van der Waals surface area contributed by atoms with Crippen molar-refractivity contribution in [2.24, 2.45) is 22.2 Å². The van der Waals surface area contributed by atoms with Crippen molar-refractivity contribution < 1.29 is 0 Å². The molecular weight excluding hydrogens is 452 g/mol. The van der Waals surface area contributed by atoms with Crippen molar-refractivity contribution in [3.05, 3.63) is 52.9 Å². The molecule has 4 fully saturated rings. The number of hydrogen-bond acceptors (Lipinski definition) is 4. The summed E-state index contributed by atoms with van der Waals surface area (Å²) in [6.45, 7) is 10.1. The molecule has 1 aromatic heterocycles. The fraction of sp³-hybridized carbons (Fsp3) is 0.727. The third-order valence-corrected chi connectivity index (χ3v) is 12.9. The fourth-order valence-corrected chi connectivity index (χ4v) is 11.0. The molecule has 2 spiro atoms. The maximum absolute atomic E-state index is 4.47. The smallest absolute Gasteiger partial charge is 0.0315 e. The van der Waals surface area contributed by atoms with E-state index in [4.69, 9.17) is 0 Å². The lowest BCUT2D eigenvalue weighted by Gasteiger charge is -2.56. The first-order valence-electron chi connectivity index (χ1n) is 15.5. The van der Waals surface area contributed by atoms with Crippen molar-refractivity contribution >= 4 is 0 Å². The van der Waals surface area contributed by atoms with E-state index in [0.29, 0.717) is 16.2 Å². The number of hydrogen-bond donors (Lipinski definition) is 0. The van der Waals surface area contributed by atoms with Crippen LogP contribution in [0.4, 0.5) is 0 Å². The van der Waals surface area contributed by atoms with Crippen molar-refractivity contribution in [1.29, 1.82) is 0 Å². The van der Waals surface area contributed by atoms with E-state index >= 15 is 0 Å². The molecule has 0 aromatic carbocycles. The molecule has 3 saturated carbocycles. The van der Waals surface area contributed by atoms with E-state index in [1.807, 2.05) is 11.8 Å². The normalized spacial score (nSPS) is 43.9. The SMILES string of the molecule is CN1CCN([C@H]2CCC3=CC4=CC[C@]5(C)[C@@H](N6CCc7ccncc7C6)CC[C@H]5[C@@]45CC[C@]3(C2)C5)CC1. The quantitative estimate of drug-likeness (QED) is 0.541. The first-order chi connectivity index (χ1) is 18.0. The van der Waals surface area contributed by atoms with Crippen LogP contribution in [0.1, 0.15) is 75.8 Å². The van der Waals surface area contributed by atoms with Gasteiger partial charge in [0.25, 0.3) is 0 Å². The molecule has 4 nitrogen and oxygen atoms in total. The zero-order chi connectivity index (χ0) is 24.8. The van der Waals surface area contributed by atoms with Crippen LogP contribution in [0, 0.1) is 22.2 Å². The lowest BCUT2D eigenvalue weighted by Crippen LogP contribution is -2.54. The van der Waals surface area contributed by atoms with Crippen molar-refractivity contribution in [2.45, 2.75) is 89.8 Å². The molecule has 0 N–H and O–H groups in total. The molecule has 5 aliphatic carbocycles. The predicted molar refractivity (Wildman–Crippen MR) is 149 cm³/mol. The van der Waals surface area contributed by atoms with Crippen LogP contribution in [0.3, 0.4) is 0 Å². The lowest BCUT2D eigenvalue weighted by molar-refractivity contribution is 0.00175. The van der Waals surface area contributed by atoms with Gasteiger partial charge in [0, 0.05) is 63.7 Å². The Bertz CT molecular complexity index is 1150. The van der Waals surface area contributed by atoms with Crippen LogP contribution in [0.2, 0.25) is 0 Å². The van der Waals surface area contributed by atoms with Gasteiger partial charge in [-0.2, -0.15) is 0 Å². The molecule has 8 rings (SSSR count). The number of rotatable bonds is 2. The summed E-state index contributed by atoms with van der Waals surface area (Å²) in [7, 11) is 2.29. The highest BCUT2D eigenvalue weighted by atomic mass is 15.3. The molecule has 0 radical (unpaired) electrons. The number of likely N-dealkylation sites (N-methyl/N-ethyl adjacent to an activating group) is 1. The molecule has 6 atom stereocenters. The summed E-state index contributed by atoms with van der Waals surface area (Å²) in [5, 5.41) is 0. The number of fused-ring (bicyclic) bond motifs is 2. The first-order valence-corrected chi connectivity index (χ1v) is 15.5. The molecule has 4 heteroatoms. The van der Waals surface area contributed by atoms with E-state index in [9.17, 15) is 0 Å². The monoisotopic (exact) mass is 498 g/mol. The molecule has 198 valence electrons. The molecule has 0 amide bonds. The summed E-state index contributed by atoms with van der Waals surface area (Å²) in [5.74, 6) is 0.862. The fourth-order valence-electron chi connectivity index (χ4n) is 11.0. The third-order valence-electron chi connectivity index (χ3n) is 12.9. The highest BCUT2D eigenvalue weighted by Crippen LogP contribution is 2.73. The van der Waals surface area contributed by atoms with Crippen LogP contribution in [-0.2, 0) is 13.0 Å². The summed E-state index contributed by atoms with van der Waals surface area (Å²) in [6.07, 6.45) is 23.6. The van der Waals surface area contributed by atoms with E-state index < -0.39 is 0 Å². The highest BCUT2D eigenvalue weighted by molar-refractivity contribution is 5.46. The Morgan fingerprint density at radius 3 is 2.73 bits per heavy atom. The second kappa shape index (κ2) is 8.26. The lowest BCUT2D eigenvalue weighted by atomic mass is 9.50. The minimum Gasteiger partial charge on any atom is -0.304 e. The van der Waals surface area contributed by atoms with Gasteiger partial charge < -0.3 is 4.90 Å². The Morgan fingerprint density at radius 2 is 1.84 bits per heavy atom. The maximum atomic E-state index is 4.47. The van der Waals surface area contributed by atoms with Crippen molar-refractivity contribution in [3.8, 4) is 0 Å². The van der Waals surface area contributed by atoms with Crippen molar-refractivity contribution in [2.75, 3.05) is 39.8 Å². The maximum Gasteiger partial charge on any atom is 0.0315 e. The van der Waals surface area contributed by atoms with Crippen LogP contribution in [0.15, 0.2) is 41.8 Å². The molecule has 3 heterocycles. The Labute approximate surface area is 224 Å². The Kier molecular flexibility index (Phi) is 5.22. The van der Waals surface area contributed by atoms with Crippen LogP contribution in [-0.4, -0.2) is 71.5 Å². The summed E-state index contributed by atoms with van der Waals surface area (Å²) in [5.41, 5.74) is 8.05. The topological polar surface area (TPSA) is 22.6 Å². The average Bonchev–Trinajstić information content (AvgIpc) is 3.43. The molecule has 2 bridgehead atoms. The Balaban J connectivity index is 1.07. The van der Waals surface area contributed by atoms with Gasteiger partial charge >= 0.3 is 0 Å². The van der Waals surface area contributed by atoms with Crippen LogP contribution >= 0.6 is 0 Å². The number of piperazine rings is 1. The van der Waals surface area contributed by atoms with E-state index in [2.05, 4.69) is 58.1 Å². The average molecular weight is 499 g/mol. The summed E-state index contributed by atoms with van der Waals surface area (Å²) in [4.78, 5) is 12.7. The molecule has 1 saturated heterocycles. The van der Waals surface area contributed by atoms with Crippen molar-refractivity contribution in [3.63, 3.8) is 0 Å². The van der Waals surface area contributed by atoms with Gasteiger partial charge in [0.05, 0.1) is 0 Å². The summed E-state index contributed by atoms with van der Waals surface area (Å²) in [6, 6.07) is 3.80. The number of nitrogens with zero attached hydrogens (tertiary/aromatic N) is 4. The van der Waals surface area contributed by atoms with Crippen LogP contribution in [0.25, 0.3) is 0 Å². The second-order valence-corrected chi connectivity index (χ2v) is 14.4.